The first kappa shape index (κ1) is 13.3. The maximum absolute atomic E-state index is 5.23. The van der Waals surface area contributed by atoms with Crippen molar-refractivity contribution in [3.05, 3.63) is 24.2 Å². The summed E-state index contributed by atoms with van der Waals surface area (Å²) in [5, 5.41) is 3.57. The summed E-state index contributed by atoms with van der Waals surface area (Å²) in [6.45, 7) is 5.13. The summed E-state index contributed by atoms with van der Waals surface area (Å²) in [7, 11) is 1.75. The van der Waals surface area contributed by atoms with Gasteiger partial charge >= 0.3 is 0 Å². The summed E-state index contributed by atoms with van der Waals surface area (Å²) >= 11 is 0. The first-order chi connectivity index (χ1) is 7.77. The van der Waals surface area contributed by atoms with Crippen LogP contribution in [0.2, 0.25) is 0 Å². The Kier molecular flexibility index (Phi) is 6.19. The first-order valence-corrected chi connectivity index (χ1v) is 6.05. The van der Waals surface area contributed by atoms with E-state index in [9.17, 15) is 0 Å². The highest BCUT2D eigenvalue weighted by atomic mass is 16.5. The first-order valence-electron chi connectivity index (χ1n) is 6.05. The number of methoxy groups -OCH3 is 1. The van der Waals surface area contributed by atoms with Crippen LogP contribution in [0, 0.1) is 0 Å². The minimum Gasteiger partial charge on any atom is -0.472 e. The molecule has 0 aliphatic rings. The highest BCUT2D eigenvalue weighted by Crippen LogP contribution is 2.14. The molecule has 0 spiro atoms. The van der Waals surface area contributed by atoms with Gasteiger partial charge in [0, 0.05) is 24.8 Å². The van der Waals surface area contributed by atoms with Crippen LogP contribution in [-0.2, 0) is 4.74 Å². The normalized spacial score (nSPS) is 14.9. The van der Waals surface area contributed by atoms with Crippen molar-refractivity contribution < 1.29 is 9.15 Å². The van der Waals surface area contributed by atoms with Crippen molar-refractivity contribution in [1.82, 2.24) is 5.32 Å². The van der Waals surface area contributed by atoms with Crippen LogP contribution < -0.4 is 5.32 Å². The zero-order valence-corrected chi connectivity index (χ0v) is 10.5. The summed E-state index contributed by atoms with van der Waals surface area (Å²) in [5.74, 6) is 0. The minimum absolute atomic E-state index is 0.316. The lowest BCUT2D eigenvalue weighted by atomic mass is 10.1. The highest BCUT2D eigenvalue weighted by Gasteiger charge is 2.13. The molecule has 2 atom stereocenters. The number of furan rings is 1. The molecule has 0 aliphatic carbocycles. The van der Waals surface area contributed by atoms with Gasteiger partial charge in [-0.15, -0.1) is 0 Å². The van der Waals surface area contributed by atoms with Gasteiger partial charge in [0.2, 0.25) is 0 Å². The second kappa shape index (κ2) is 7.47. The van der Waals surface area contributed by atoms with Gasteiger partial charge in [0.15, 0.2) is 0 Å². The molecule has 92 valence electrons. The van der Waals surface area contributed by atoms with E-state index in [0.29, 0.717) is 12.1 Å². The van der Waals surface area contributed by atoms with Crippen LogP contribution in [0.25, 0.3) is 0 Å². The molecule has 16 heavy (non-hydrogen) atoms. The average Bonchev–Trinajstić information content (AvgIpc) is 2.79. The quantitative estimate of drug-likeness (QED) is 0.738. The van der Waals surface area contributed by atoms with Crippen molar-refractivity contribution in [2.24, 2.45) is 0 Å². The summed E-state index contributed by atoms with van der Waals surface area (Å²) in [5.41, 5.74) is 1.19. The lowest BCUT2D eigenvalue weighted by Gasteiger charge is -2.22. The van der Waals surface area contributed by atoms with E-state index < -0.39 is 0 Å². The number of nitrogens with one attached hydrogen (secondary N) is 1. The van der Waals surface area contributed by atoms with Gasteiger partial charge in [-0.1, -0.05) is 19.8 Å². The van der Waals surface area contributed by atoms with Gasteiger partial charge in [-0.2, -0.15) is 0 Å². The van der Waals surface area contributed by atoms with E-state index in [1.165, 1.54) is 18.4 Å². The molecule has 0 bridgehead atoms. The van der Waals surface area contributed by atoms with Crippen LogP contribution in [0.15, 0.2) is 23.0 Å². The van der Waals surface area contributed by atoms with E-state index in [1.807, 2.05) is 6.07 Å². The smallest absolute Gasteiger partial charge is 0.0950 e. The van der Waals surface area contributed by atoms with Gasteiger partial charge in [-0.25, -0.2) is 0 Å². The molecule has 1 aromatic rings. The predicted octanol–water partition coefficient (Wildman–Crippen LogP) is 3.14. The summed E-state index contributed by atoms with van der Waals surface area (Å²) in [6, 6.07) is 2.74. The third kappa shape index (κ3) is 4.37. The maximum atomic E-state index is 5.23. The fourth-order valence-electron chi connectivity index (χ4n) is 1.84. The molecule has 0 saturated heterocycles. The fraction of sp³-hybridized carbons (Fsp3) is 0.692. The maximum Gasteiger partial charge on any atom is 0.0950 e. The van der Waals surface area contributed by atoms with Gasteiger partial charge in [-0.05, 0) is 19.4 Å². The summed E-state index contributed by atoms with van der Waals surface area (Å²) in [6.07, 6.45) is 7.12. The Balaban J connectivity index is 2.40. The third-order valence-corrected chi connectivity index (χ3v) is 2.80. The molecule has 1 heterocycles. The number of rotatable bonds is 8. The zero-order valence-electron chi connectivity index (χ0n) is 10.5. The Morgan fingerprint density at radius 2 is 2.31 bits per heavy atom. The Morgan fingerprint density at radius 3 is 2.88 bits per heavy atom. The average molecular weight is 225 g/mol. The molecular formula is C13H23NO2. The molecule has 2 unspecified atom stereocenters. The van der Waals surface area contributed by atoms with Gasteiger partial charge in [-0.3, -0.25) is 0 Å². The van der Waals surface area contributed by atoms with E-state index in [1.54, 1.807) is 19.6 Å². The monoisotopic (exact) mass is 225 g/mol. The predicted molar refractivity (Wildman–Crippen MR) is 65.4 cm³/mol. The van der Waals surface area contributed by atoms with Crippen molar-refractivity contribution in [2.75, 3.05) is 13.7 Å². The summed E-state index contributed by atoms with van der Waals surface area (Å²) in [4.78, 5) is 0. The second-order valence-corrected chi connectivity index (χ2v) is 4.24. The minimum atomic E-state index is 0.316. The van der Waals surface area contributed by atoms with Crippen LogP contribution in [0.5, 0.6) is 0 Å². The SMILES string of the molecule is CCCCC(COC)NC(C)c1ccoc1. The molecule has 1 aromatic heterocycles. The molecule has 1 rings (SSSR count). The lowest BCUT2D eigenvalue weighted by Crippen LogP contribution is -2.35. The van der Waals surface area contributed by atoms with Crippen molar-refractivity contribution in [1.29, 1.82) is 0 Å². The van der Waals surface area contributed by atoms with E-state index in [4.69, 9.17) is 9.15 Å². The summed E-state index contributed by atoms with van der Waals surface area (Å²) < 4.78 is 10.3. The molecular weight excluding hydrogens is 202 g/mol. The Morgan fingerprint density at radius 1 is 1.50 bits per heavy atom. The van der Waals surface area contributed by atoms with Crippen LogP contribution >= 0.6 is 0 Å². The number of ether oxygens (including phenoxy) is 1. The molecule has 0 aromatic carbocycles. The van der Waals surface area contributed by atoms with Gasteiger partial charge < -0.3 is 14.5 Å². The van der Waals surface area contributed by atoms with Crippen molar-refractivity contribution >= 4 is 0 Å². The Hall–Kier alpha value is -0.800. The van der Waals surface area contributed by atoms with Crippen LogP contribution in [0.3, 0.4) is 0 Å². The van der Waals surface area contributed by atoms with Gasteiger partial charge in [0.05, 0.1) is 19.1 Å². The molecule has 0 radical (unpaired) electrons. The number of hydrogen-bond acceptors (Lipinski definition) is 3. The third-order valence-electron chi connectivity index (χ3n) is 2.80. The van der Waals surface area contributed by atoms with Crippen molar-refractivity contribution in [3.63, 3.8) is 0 Å². The molecule has 0 saturated carbocycles. The van der Waals surface area contributed by atoms with Gasteiger partial charge in [0.1, 0.15) is 0 Å². The van der Waals surface area contributed by atoms with Crippen LogP contribution in [0.1, 0.15) is 44.7 Å². The van der Waals surface area contributed by atoms with Crippen molar-refractivity contribution in [2.45, 2.75) is 45.2 Å². The number of hydrogen-bond donors (Lipinski definition) is 1. The molecule has 3 heteroatoms. The van der Waals surface area contributed by atoms with E-state index in [2.05, 4.69) is 19.2 Å². The molecule has 0 amide bonds. The van der Waals surface area contributed by atoms with Crippen LogP contribution in [0.4, 0.5) is 0 Å². The topological polar surface area (TPSA) is 34.4 Å². The lowest BCUT2D eigenvalue weighted by molar-refractivity contribution is 0.156. The van der Waals surface area contributed by atoms with Gasteiger partial charge in [0.25, 0.3) is 0 Å². The van der Waals surface area contributed by atoms with E-state index >= 15 is 0 Å². The van der Waals surface area contributed by atoms with Crippen LogP contribution in [-0.4, -0.2) is 19.8 Å². The molecule has 3 nitrogen and oxygen atoms in total. The number of unbranched alkanes of at least 4 members (excludes halogenated alkanes) is 1. The highest BCUT2D eigenvalue weighted by molar-refractivity contribution is 5.10. The zero-order chi connectivity index (χ0) is 11.8. The Bertz CT molecular complexity index is 259. The van der Waals surface area contributed by atoms with E-state index in [0.717, 1.165) is 13.0 Å². The van der Waals surface area contributed by atoms with Crippen molar-refractivity contribution in [3.8, 4) is 0 Å². The Labute approximate surface area is 98.2 Å². The van der Waals surface area contributed by atoms with E-state index in [-0.39, 0.29) is 0 Å². The molecule has 0 fully saturated rings. The standard InChI is InChI=1S/C13H23NO2/c1-4-5-6-13(10-15-3)14-11(2)12-7-8-16-9-12/h7-9,11,13-14H,4-6,10H2,1-3H3. The largest absolute Gasteiger partial charge is 0.472 e. The molecule has 1 N–H and O–H groups in total. The fourth-order valence-corrected chi connectivity index (χ4v) is 1.84. The second-order valence-electron chi connectivity index (χ2n) is 4.24. The molecule has 0 aliphatic heterocycles.